The van der Waals surface area contributed by atoms with E-state index in [9.17, 15) is 5.11 Å². The number of pyridine rings is 1. The van der Waals surface area contributed by atoms with Crippen LogP contribution < -0.4 is 9.80 Å². The van der Waals surface area contributed by atoms with Gasteiger partial charge in [0, 0.05) is 44.6 Å². The van der Waals surface area contributed by atoms with Crippen molar-refractivity contribution in [1.29, 1.82) is 0 Å². The van der Waals surface area contributed by atoms with E-state index in [0.29, 0.717) is 19.8 Å². The maximum absolute atomic E-state index is 10.1. The quantitative estimate of drug-likeness (QED) is 0.568. The molecule has 3 aromatic rings. The van der Waals surface area contributed by atoms with Crippen molar-refractivity contribution in [2.24, 2.45) is 0 Å². The smallest absolute Gasteiger partial charge is 0.177 e. The number of nitrogens with zero attached hydrogens (tertiary/aromatic N) is 7. The van der Waals surface area contributed by atoms with Gasteiger partial charge in [-0.2, -0.15) is 14.9 Å². The fourth-order valence-electron chi connectivity index (χ4n) is 6.00. The van der Waals surface area contributed by atoms with Gasteiger partial charge in [-0.25, -0.2) is 9.67 Å². The van der Waals surface area contributed by atoms with Gasteiger partial charge in [-0.15, -0.1) is 0 Å². The highest BCUT2D eigenvalue weighted by atomic mass is 16.5. The number of aromatic nitrogens is 5. The molecule has 1 N–H and O–H groups in total. The van der Waals surface area contributed by atoms with Gasteiger partial charge in [-0.3, -0.25) is 0 Å². The van der Waals surface area contributed by atoms with Crippen molar-refractivity contribution in [2.75, 3.05) is 55.9 Å². The van der Waals surface area contributed by atoms with Gasteiger partial charge in [0.1, 0.15) is 12.0 Å². The molecule has 7 heterocycles. The molecule has 11 heteroatoms. The summed E-state index contributed by atoms with van der Waals surface area (Å²) in [6, 6.07) is 4.02. The molecule has 4 aliphatic rings. The average molecular weight is 496 g/mol. The molecule has 0 spiro atoms. The van der Waals surface area contributed by atoms with E-state index in [1.807, 2.05) is 27.8 Å². The Morgan fingerprint density at radius 3 is 2.75 bits per heavy atom. The van der Waals surface area contributed by atoms with Gasteiger partial charge in [-0.05, 0) is 32.1 Å². The highest BCUT2D eigenvalue weighted by Gasteiger charge is 2.35. The number of morpholine rings is 2. The molecule has 0 radical (unpaired) electrons. The molecule has 0 amide bonds. The number of fused-ring (bicyclic) bond motifs is 3. The first-order chi connectivity index (χ1) is 17.8. The van der Waals surface area contributed by atoms with Crippen LogP contribution in [0.5, 0.6) is 0 Å². The summed E-state index contributed by atoms with van der Waals surface area (Å²) in [6.07, 6.45) is 9.73. The lowest BCUT2D eigenvalue weighted by atomic mass is 10.1. The third-order valence-corrected chi connectivity index (χ3v) is 7.88. The molecule has 3 aromatic heterocycles. The van der Waals surface area contributed by atoms with Gasteiger partial charge in [0.2, 0.25) is 0 Å². The summed E-state index contributed by atoms with van der Waals surface area (Å²) in [4.78, 5) is 9.71. The molecule has 0 aromatic carbocycles. The molecule has 4 aliphatic heterocycles. The molecule has 11 nitrogen and oxygen atoms in total. The second kappa shape index (κ2) is 9.29. The van der Waals surface area contributed by atoms with E-state index in [1.54, 1.807) is 0 Å². The minimum atomic E-state index is -0.107. The molecule has 2 unspecified atom stereocenters. The number of rotatable bonds is 5. The van der Waals surface area contributed by atoms with E-state index in [0.717, 1.165) is 80.2 Å². The Balaban J connectivity index is 1.31. The minimum Gasteiger partial charge on any atom is -0.394 e. The topological polar surface area (TPSA) is 103 Å². The SMILES string of the molecule is OCC1COCCN1c1cc(N2C[C@H]3CC[C@@H](C2)O3)nc2c1cnn2-c1ccn(C2CCCCO2)n1. The molecule has 0 saturated carbocycles. The predicted molar refractivity (Wildman–Crippen MR) is 133 cm³/mol. The summed E-state index contributed by atoms with van der Waals surface area (Å²) >= 11 is 0. The highest BCUT2D eigenvalue weighted by Crippen LogP contribution is 2.36. The van der Waals surface area contributed by atoms with Crippen LogP contribution in [0, 0.1) is 0 Å². The molecular weight excluding hydrogens is 462 g/mol. The molecule has 0 aliphatic carbocycles. The maximum atomic E-state index is 10.1. The Labute approximate surface area is 209 Å². The van der Waals surface area contributed by atoms with Gasteiger partial charge < -0.3 is 29.1 Å². The second-order valence-corrected chi connectivity index (χ2v) is 10.2. The number of aliphatic hydroxyl groups is 1. The van der Waals surface area contributed by atoms with Gasteiger partial charge in [0.25, 0.3) is 0 Å². The predicted octanol–water partition coefficient (Wildman–Crippen LogP) is 1.88. The molecule has 4 fully saturated rings. The number of hydrogen-bond acceptors (Lipinski definition) is 9. The lowest BCUT2D eigenvalue weighted by Crippen LogP contribution is -2.48. The van der Waals surface area contributed by atoms with Crippen LogP contribution in [0.3, 0.4) is 0 Å². The monoisotopic (exact) mass is 495 g/mol. The Bertz CT molecular complexity index is 1210. The Morgan fingerprint density at radius 2 is 1.94 bits per heavy atom. The summed E-state index contributed by atoms with van der Waals surface area (Å²) in [5.41, 5.74) is 1.79. The minimum absolute atomic E-state index is 0.0286. The van der Waals surface area contributed by atoms with Crippen molar-refractivity contribution in [3.8, 4) is 5.82 Å². The summed E-state index contributed by atoms with van der Waals surface area (Å²) in [7, 11) is 0. The molecule has 4 saturated heterocycles. The van der Waals surface area contributed by atoms with Crippen LogP contribution in [-0.2, 0) is 14.2 Å². The Kier molecular flexibility index (Phi) is 5.80. The standard InChI is InChI=1S/C25H33N7O4/c33-15-17-16-34-10-8-30(17)21-11-23(29-13-18-4-5-19(14-29)36-18)27-25-20(21)12-26-32(25)22-6-7-31(28-22)24-3-1-2-9-35-24/h6-7,11-12,17-19,24,33H,1-5,8-10,13-16H2/t17?,18-,19+,24?. The van der Waals surface area contributed by atoms with Crippen molar-refractivity contribution in [2.45, 2.75) is 56.6 Å². The number of aliphatic hydroxyl groups excluding tert-OH is 1. The number of anilines is 2. The van der Waals surface area contributed by atoms with Crippen LogP contribution in [0.15, 0.2) is 24.5 Å². The van der Waals surface area contributed by atoms with Crippen molar-refractivity contribution in [1.82, 2.24) is 24.5 Å². The molecule has 36 heavy (non-hydrogen) atoms. The molecule has 7 rings (SSSR count). The van der Waals surface area contributed by atoms with E-state index in [2.05, 4.69) is 15.9 Å². The van der Waals surface area contributed by atoms with Crippen molar-refractivity contribution in [3.05, 3.63) is 24.5 Å². The van der Waals surface area contributed by atoms with E-state index in [1.165, 1.54) is 0 Å². The van der Waals surface area contributed by atoms with Crippen LogP contribution in [0.1, 0.15) is 38.3 Å². The zero-order valence-corrected chi connectivity index (χ0v) is 20.4. The van der Waals surface area contributed by atoms with Crippen LogP contribution in [0.2, 0.25) is 0 Å². The summed E-state index contributed by atoms with van der Waals surface area (Å²) in [6.45, 7) is 4.30. The van der Waals surface area contributed by atoms with E-state index < -0.39 is 0 Å². The van der Waals surface area contributed by atoms with E-state index in [-0.39, 0.29) is 31.1 Å². The molecular formula is C25H33N7O4. The van der Waals surface area contributed by atoms with Gasteiger partial charge in [0.15, 0.2) is 11.5 Å². The summed E-state index contributed by atoms with van der Waals surface area (Å²) in [5.74, 6) is 1.63. The highest BCUT2D eigenvalue weighted by molar-refractivity contribution is 5.92. The zero-order chi connectivity index (χ0) is 24.1. The first-order valence-electron chi connectivity index (χ1n) is 13.2. The summed E-state index contributed by atoms with van der Waals surface area (Å²) < 4.78 is 21.4. The zero-order valence-electron chi connectivity index (χ0n) is 20.4. The van der Waals surface area contributed by atoms with Gasteiger partial charge >= 0.3 is 0 Å². The molecule has 2 bridgehead atoms. The first kappa shape index (κ1) is 22.5. The largest absolute Gasteiger partial charge is 0.394 e. The van der Waals surface area contributed by atoms with Crippen LogP contribution >= 0.6 is 0 Å². The van der Waals surface area contributed by atoms with Crippen molar-refractivity contribution >= 4 is 22.5 Å². The van der Waals surface area contributed by atoms with Gasteiger partial charge in [-0.1, -0.05) is 0 Å². The van der Waals surface area contributed by atoms with Crippen LogP contribution in [0.25, 0.3) is 16.9 Å². The first-order valence-corrected chi connectivity index (χ1v) is 13.2. The fraction of sp³-hybridized carbons (Fsp3) is 0.640. The van der Waals surface area contributed by atoms with Crippen LogP contribution in [0.4, 0.5) is 11.5 Å². The Morgan fingerprint density at radius 1 is 1.06 bits per heavy atom. The third-order valence-electron chi connectivity index (χ3n) is 7.88. The van der Waals surface area contributed by atoms with Crippen LogP contribution in [-0.4, -0.2) is 94.0 Å². The molecule has 192 valence electrons. The van der Waals surface area contributed by atoms with E-state index >= 15 is 0 Å². The lowest BCUT2D eigenvalue weighted by Gasteiger charge is -2.38. The second-order valence-electron chi connectivity index (χ2n) is 10.2. The lowest BCUT2D eigenvalue weighted by molar-refractivity contribution is -0.0395. The third kappa shape index (κ3) is 3.94. The average Bonchev–Trinajstić information content (AvgIpc) is 3.66. The normalized spacial score (nSPS) is 28.8. The molecule has 4 atom stereocenters. The Hall–Kier alpha value is -2.73. The van der Waals surface area contributed by atoms with Crippen molar-refractivity contribution in [3.63, 3.8) is 0 Å². The van der Waals surface area contributed by atoms with Crippen molar-refractivity contribution < 1.29 is 19.3 Å². The van der Waals surface area contributed by atoms with E-state index in [4.69, 9.17) is 29.4 Å². The maximum Gasteiger partial charge on any atom is 0.177 e. The van der Waals surface area contributed by atoms with Gasteiger partial charge in [0.05, 0.1) is 55.3 Å². The fourth-order valence-corrected chi connectivity index (χ4v) is 6.00. The number of hydrogen-bond donors (Lipinski definition) is 1. The summed E-state index contributed by atoms with van der Waals surface area (Å²) in [5, 5.41) is 20.6. The number of ether oxygens (including phenoxy) is 3.